The zero-order valence-electron chi connectivity index (χ0n) is 13.3. The Labute approximate surface area is 143 Å². The van der Waals surface area contributed by atoms with Gasteiger partial charge in [0, 0.05) is 6.42 Å². The summed E-state index contributed by atoms with van der Waals surface area (Å²) in [6, 6.07) is 7.62. The summed E-state index contributed by atoms with van der Waals surface area (Å²) in [5.41, 5.74) is 0. The lowest BCUT2D eigenvalue weighted by atomic mass is 9.93. The molecule has 2 aliphatic heterocycles. The molecule has 1 unspecified atom stereocenters. The van der Waals surface area contributed by atoms with Crippen molar-refractivity contribution in [3.05, 3.63) is 24.3 Å². The van der Waals surface area contributed by atoms with Gasteiger partial charge < -0.3 is 20.1 Å². The molecule has 5 nitrogen and oxygen atoms in total. The van der Waals surface area contributed by atoms with Gasteiger partial charge in [-0.05, 0) is 50.4 Å². The number of ether oxygens (including phenoxy) is 2. The van der Waals surface area contributed by atoms with Gasteiger partial charge in [0.15, 0.2) is 11.5 Å². The summed E-state index contributed by atoms with van der Waals surface area (Å²) >= 11 is 0. The van der Waals surface area contributed by atoms with E-state index >= 15 is 0 Å². The molecule has 0 saturated carbocycles. The van der Waals surface area contributed by atoms with E-state index in [4.69, 9.17) is 9.47 Å². The average molecular weight is 341 g/mol. The van der Waals surface area contributed by atoms with E-state index in [9.17, 15) is 4.79 Å². The minimum absolute atomic E-state index is 0. The highest BCUT2D eigenvalue weighted by molar-refractivity contribution is 5.85. The first-order valence-electron chi connectivity index (χ1n) is 8.17. The molecule has 2 N–H and O–H groups in total. The summed E-state index contributed by atoms with van der Waals surface area (Å²) in [6.45, 7) is 3.14. The smallest absolute Gasteiger partial charge is 0.220 e. The molecule has 1 aromatic carbocycles. The highest BCUT2D eigenvalue weighted by atomic mass is 35.5. The molecule has 3 rings (SSSR count). The maximum atomic E-state index is 12.0. The van der Waals surface area contributed by atoms with Crippen LogP contribution in [0.4, 0.5) is 0 Å². The van der Waals surface area contributed by atoms with Gasteiger partial charge in [0.1, 0.15) is 12.7 Å². The third kappa shape index (κ3) is 5.29. The summed E-state index contributed by atoms with van der Waals surface area (Å²) in [5.74, 6) is 2.33. The Morgan fingerprint density at radius 1 is 1.22 bits per heavy atom. The van der Waals surface area contributed by atoms with Crippen molar-refractivity contribution in [1.82, 2.24) is 10.6 Å². The molecule has 6 heteroatoms. The number of piperidine rings is 1. The van der Waals surface area contributed by atoms with Crippen molar-refractivity contribution in [3.8, 4) is 11.5 Å². The first-order chi connectivity index (χ1) is 10.8. The highest BCUT2D eigenvalue weighted by Gasteiger charge is 2.21. The van der Waals surface area contributed by atoms with E-state index in [1.165, 1.54) is 12.8 Å². The van der Waals surface area contributed by atoms with Crippen molar-refractivity contribution in [2.24, 2.45) is 5.92 Å². The van der Waals surface area contributed by atoms with Gasteiger partial charge in [0.25, 0.3) is 0 Å². The molecule has 23 heavy (non-hydrogen) atoms. The number of amides is 1. The molecule has 1 amide bonds. The number of hydrogen-bond acceptors (Lipinski definition) is 4. The van der Waals surface area contributed by atoms with Crippen LogP contribution in [0.25, 0.3) is 0 Å². The number of para-hydroxylation sites is 2. The second kappa shape index (κ2) is 8.99. The van der Waals surface area contributed by atoms with Crippen LogP contribution in [0.5, 0.6) is 11.5 Å². The quantitative estimate of drug-likeness (QED) is 0.862. The number of hydrogen-bond donors (Lipinski definition) is 2. The number of rotatable bonds is 5. The van der Waals surface area contributed by atoms with Gasteiger partial charge in [-0.15, -0.1) is 12.4 Å². The van der Waals surface area contributed by atoms with Crippen LogP contribution < -0.4 is 20.1 Å². The number of halogens is 1. The van der Waals surface area contributed by atoms with Crippen LogP contribution in [0.3, 0.4) is 0 Å². The molecule has 128 valence electrons. The number of fused-ring (bicyclic) bond motifs is 1. The van der Waals surface area contributed by atoms with Crippen LogP contribution >= 0.6 is 12.4 Å². The van der Waals surface area contributed by atoms with Gasteiger partial charge >= 0.3 is 0 Å². The third-order valence-corrected chi connectivity index (χ3v) is 4.33. The van der Waals surface area contributed by atoms with E-state index in [0.29, 0.717) is 25.5 Å². The Morgan fingerprint density at radius 3 is 2.74 bits per heavy atom. The number of carbonyl (C=O) groups is 1. The molecule has 0 bridgehead atoms. The number of benzene rings is 1. The van der Waals surface area contributed by atoms with Crippen molar-refractivity contribution in [2.75, 3.05) is 26.2 Å². The second-order valence-electron chi connectivity index (χ2n) is 6.03. The van der Waals surface area contributed by atoms with Crippen LogP contribution in [0.2, 0.25) is 0 Å². The lowest BCUT2D eigenvalue weighted by Crippen LogP contribution is -2.40. The Balaban J connectivity index is 0.00000192. The van der Waals surface area contributed by atoms with E-state index < -0.39 is 0 Å². The molecule has 0 aliphatic carbocycles. The van der Waals surface area contributed by atoms with Gasteiger partial charge in [-0.3, -0.25) is 4.79 Å². The highest BCUT2D eigenvalue weighted by Crippen LogP contribution is 2.30. The van der Waals surface area contributed by atoms with Gasteiger partial charge in [-0.1, -0.05) is 12.1 Å². The van der Waals surface area contributed by atoms with Crippen molar-refractivity contribution in [1.29, 1.82) is 0 Å². The second-order valence-corrected chi connectivity index (χ2v) is 6.03. The SMILES string of the molecule is Cl.O=C(CCC1CCNCC1)NCC1COc2ccccc2O1. The summed E-state index contributed by atoms with van der Waals surface area (Å²) < 4.78 is 11.5. The first-order valence-corrected chi connectivity index (χ1v) is 8.17. The monoisotopic (exact) mass is 340 g/mol. The normalized spacial score (nSPS) is 20.4. The Kier molecular flexibility index (Phi) is 6.99. The van der Waals surface area contributed by atoms with Crippen LogP contribution in [-0.2, 0) is 4.79 Å². The van der Waals surface area contributed by atoms with Crippen LogP contribution in [0.1, 0.15) is 25.7 Å². The third-order valence-electron chi connectivity index (χ3n) is 4.33. The number of nitrogens with one attached hydrogen (secondary N) is 2. The Morgan fingerprint density at radius 2 is 1.96 bits per heavy atom. The van der Waals surface area contributed by atoms with E-state index in [0.717, 1.165) is 31.0 Å². The molecular formula is C17H25ClN2O3. The maximum absolute atomic E-state index is 12.0. The van der Waals surface area contributed by atoms with Gasteiger partial charge in [-0.25, -0.2) is 0 Å². The maximum Gasteiger partial charge on any atom is 0.220 e. The standard InChI is InChI=1S/C17H24N2O3.ClH/c20-17(6-5-13-7-9-18-10-8-13)19-11-14-12-21-15-3-1-2-4-16(15)22-14;/h1-4,13-14,18H,5-12H2,(H,19,20);1H. The summed E-state index contributed by atoms with van der Waals surface area (Å²) in [7, 11) is 0. The first kappa shape index (κ1) is 17.9. The summed E-state index contributed by atoms with van der Waals surface area (Å²) in [6.07, 6.45) is 3.85. The molecule has 1 atom stereocenters. The number of carbonyl (C=O) groups excluding carboxylic acids is 1. The van der Waals surface area contributed by atoms with Crippen molar-refractivity contribution >= 4 is 18.3 Å². The minimum Gasteiger partial charge on any atom is -0.486 e. The molecular weight excluding hydrogens is 316 g/mol. The molecule has 1 saturated heterocycles. The molecule has 2 heterocycles. The topological polar surface area (TPSA) is 59.6 Å². The van der Waals surface area contributed by atoms with Gasteiger partial charge in [0.2, 0.25) is 5.91 Å². The Hall–Kier alpha value is -1.46. The largest absolute Gasteiger partial charge is 0.486 e. The fourth-order valence-corrected chi connectivity index (χ4v) is 2.99. The van der Waals surface area contributed by atoms with Crippen molar-refractivity contribution in [3.63, 3.8) is 0 Å². The van der Waals surface area contributed by atoms with Crippen LogP contribution in [0.15, 0.2) is 24.3 Å². The van der Waals surface area contributed by atoms with E-state index in [1.807, 2.05) is 24.3 Å². The summed E-state index contributed by atoms with van der Waals surface area (Å²) in [4.78, 5) is 12.0. The Bertz CT molecular complexity index is 506. The van der Waals surface area contributed by atoms with Gasteiger partial charge in [0.05, 0.1) is 6.54 Å². The zero-order valence-corrected chi connectivity index (χ0v) is 14.1. The fraction of sp³-hybridized carbons (Fsp3) is 0.588. The van der Waals surface area contributed by atoms with Crippen molar-refractivity contribution < 1.29 is 14.3 Å². The molecule has 0 radical (unpaired) electrons. The van der Waals surface area contributed by atoms with E-state index in [-0.39, 0.29) is 24.4 Å². The van der Waals surface area contributed by atoms with Crippen molar-refractivity contribution in [2.45, 2.75) is 31.8 Å². The average Bonchev–Trinajstić information content (AvgIpc) is 2.59. The molecule has 0 spiro atoms. The minimum atomic E-state index is -0.113. The predicted molar refractivity (Wildman–Crippen MR) is 91.4 cm³/mol. The van der Waals surface area contributed by atoms with E-state index in [2.05, 4.69) is 10.6 Å². The fourth-order valence-electron chi connectivity index (χ4n) is 2.99. The predicted octanol–water partition coefficient (Wildman–Crippen LogP) is 2.14. The molecule has 1 fully saturated rings. The van der Waals surface area contributed by atoms with Gasteiger partial charge in [-0.2, -0.15) is 0 Å². The summed E-state index contributed by atoms with van der Waals surface area (Å²) in [5, 5.41) is 6.31. The lowest BCUT2D eigenvalue weighted by molar-refractivity contribution is -0.121. The van der Waals surface area contributed by atoms with E-state index in [1.54, 1.807) is 0 Å². The van der Waals surface area contributed by atoms with Crippen LogP contribution in [0, 0.1) is 5.92 Å². The van der Waals surface area contributed by atoms with Crippen LogP contribution in [-0.4, -0.2) is 38.3 Å². The molecule has 1 aromatic rings. The molecule has 0 aromatic heterocycles. The lowest BCUT2D eigenvalue weighted by Gasteiger charge is -2.26. The molecule has 2 aliphatic rings. The zero-order chi connectivity index (χ0) is 15.2.